The normalized spacial score (nSPS) is 10.8. The molecule has 0 fully saturated rings. The summed E-state index contributed by atoms with van der Waals surface area (Å²) in [4.78, 5) is 12.1. The molecule has 0 heterocycles. The van der Waals surface area contributed by atoms with E-state index in [1.54, 1.807) is 12.1 Å². The summed E-state index contributed by atoms with van der Waals surface area (Å²) in [7, 11) is 0. The molecule has 0 atom stereocenters. The van der Waals surface area contributed by atoms with Crippen molar-refractivity contribution < 1.29 is 9.53 Å². The summed E-state index contributed by atoms with van der Waals surface area (Å²) in [5.41, 5.74) is 2.68. The predicted octanol–water partition coefficient (Wildman–Crippen LogP) is 6.31. The molecule has 3 nitrogen and oxygen atoms in total. The van der Waals surface area contributed by atoms with Crippen LogP contribution < -0.4 is 10.1 Å². The van der Waals surface area contributed by atoms with Crippen molar-refractivity contribution >= 4 is 55.1 Å². The SMILES string of the molecule is Cc1cc(OCC(=O)Nc2ccc(Br)cc2Cl)c(C(C)C)cc1Br. The number of ether oxygens (including phenoxy) is 1. The van der Waals surface area contributed by atoms with Crippen LogP contribution in [0.5, 0.6) is 5.75 Å². The third-order valence-corrected chi connectivity index (χ3v) is 5.14. The van der Waals surface area contributed by atoms with E-state index in [-0.39, 0.29) is 12.5 Å². The molecule has 0 aliphatic carbocycles. The highest BCUT2D eigenvalue weighted by Gasteiger charge is 2.13. The van der Waals surface area contributed by atoms with Gasteiger partial charge in [-0.25, -0.2) is 0 Å². The van der Waals surface area contributed by atoms with Crippen molar-refractivity contribution in [2.45, 2.75) is 26.7 Å². The average Bonchev–Trinajstić information content (AvgIpc) is 2.50. The van der Waals surface area contributed by atoms with Crippen molar-refractivity contribution in [3.8, 4) is 5.75 Å². The van der Waals surface area contributed by atoms with Crippen LogP contribution in [0.15, 0.2) is 39.3 Å². The van der Waals surface area contributed by atoms with Gasteiger partial charge in [0.25, 0.3) is 5.91 Å². The predicted molar refractivity (Wildman–Crippen MR) is 106 cm³/mol. The first-order valence-corrected chi connectivity index (χ1v) is 9.42. The Balaban J connectivity index is 2.07. The molecule has 0 unspecified atom stereocenters. The van der Waals surface area contributed by atoms with E-state index >= 15 is 0 Å². The molecule has 2 rings (SSSR count). The van der Waals surface area contributed by atoms with Crippen LogP contribution in [-0.4, -0.2) is 12.5 Å². The van der Waals surface area contributed by atoms with Gasteiger partial charge >= 0.3 is 0 Å². The molecule has 6 heteroatoms. The molecule has 128 valence electrons. The lowest BCUT2D eigenvalue weighted by molar-refractivity contribution is -0.118. The van der Waals surface area contributed by atoms with E-state index in [1.807, 2.05) is 25.1 Å². The molecule has 0 spiro atoms. The molecule has 24 heavy (non-hydrogen) atoms. The lowest BCUT2D eigenvalue weighted by atomic mass is 10.0. The molecule has 0 aliphatic heterocycles. The maximum absolute atomic E-state index is 12.1. The summed E-state index contributed by atoms with van der Waals surface area (Å²) in [6, 6.07) is 9.27. The van der Waals surface area contributed by atoms with Gasteiger partial charge in [0.1, 0.15) is 5.75 Å². The van der Waals surface area contributed by atoms with Gasteiger partial charge in [0.2, 0.25) is 0 Å². The number of carbonyl (C=O) groups is 1. The minimum atomic E-state index is -0.255. The Kier molecular flexibility index (Phi) is 6.72. The lowest BCUT2D eigenvalue weighted by Gasteiger charge is -2.16. The minimum Gasteiger partial charge on any atom is -0.483 e. The van der Waals surface area contributed by atoms with Gasteiger partial charge in [-0.3, -0.25) is 4.79 Å². The zero-order valence-electron chi connectivity index (χ0n) is 13.6. The Hall–Kier alpha value is -1.04. The third-order valence-electron chi connectivity index (χ3n) is 3.48. The first-order chi connectivity index (χ1) is 11.3. The summed E-state index contributed by atoms with van der Waals surface area (Å²) in [5.74, 6) is 0.762. The molecule has 0 saturated carbocycles. The van der Waals surface area contributed by atoms with Gasteiger partial charge in [-0.15, -0.1) is 0 Å². The van der Waals surface area contributed by atoms with Gasteiger partial charge in [0.15, 0.2) is 6.61 Å². The molecule has 1 amide bonds. The van der Waals surface area contributed by atoms with Crippen LogP contribution in [0.25, 0.3) is 0 Å². The number of amides is 1. The maximum atomic E-state index is 12.1. The molecule has 0 saturated heterocycles. The molecule has 0 radical (unpaired) electrons. The number of hydrogen-bond acceptors (Lipinski definition) is 2. The van der Waals surface area contributed by atoms with E-state index in [9.17, 15) is 4.79 Å². The van der Waals surface area contributed by atoms with Gasteiger partial charge in [-0.05, 0) is 54.3 Å². The van der Waals surface area contributed by atoms with Gasteiger partial charge in [0.05, 0.1) is 10.7 Å². The summed E-state index contributed by atoms with van der Waals surface area (Å²) < 4.78 is 7.63. The third kappa shape index (κ3) is 4.98. The smallest absolute Gasteiger partial charge is 0.262 e. The number of benzene rings is 2. The highest BCUT2D eigenvalue weighted by atomic mass is 79.9. The maximum Gasteiger partial charge on any atom is 0.262 e. The van der Waals surface area contributed by atoms with E-state index in [4.69, 9.17) is 16.3 Å². The zero-order valence-corrected chi connectivity index (χ0v) is 17.5. The Labute approximate surface area is 164 Å². The highest BCUT2D eigenvalue weighted by Crippen LogP contribution is 2.32. The van der Waals surface area contributed by atoms with Crippen molar-refractivity contribution in [1.29, 1.82) is 0 Å². The van der Waals surface area contributed by atoms with E-state index in [1.165, 1.54) is 0 Å². The second-order valence-electron chi connectivity index (χ2n) is 5.75. The van der Waals surface area contributed by atoms with Crippen LogP contribution in [0.4, 0.5) is 5.69 Å². The quantitative estimate of drug-likeness (QED) is 0.550. The zero-order chi connectivity index (χ0) is 17.9. The summed E-state index contributed by atoms with van der Waals surface area (Å²) in [6.45, 7) is 6.09. The average molecular weight is 476 g/mol. The molecule has 0 bridgehead atoms. The van der Waals surface area contributed by atoms with Crippen LogP contribution in [-0.2, 0) is 4.79 Å². The largest absolute Gasteiger partial charge is 0.483 e. The number of aryl methyl sites for hydroxylation is 1. The van der Waals surface area contributed by atoms with Crippen molar-refractivity contribution in [3.63, 3.8) is 0 Å². The summed E-state index contributed by atoms with van der Waals surface area (Å²) in [5, 5.41) is 3.23. The van der Waals surface area contributed by atoms with Crippen LogP contribution >= 0.6 is 43.5 Å². The van der Waals surface area contributed by atoms with Crippen molar-refractivity contribution in [3.05, 3.63) is 55.4 Å². The Bertz CT molecular complexity index is 763. The number of carbonyl (C=O) groups excluding carboxylic acids is 1. The monoisotopic (exact) mass is 473 g/mol. The highest BCUT2D eigenvalue weighted by molar-refractivity contribution is 9.10. The summed E-state index contributed by atoms with van der Waals surface area (Å²) in [6.07, 6.45) is 0. The topological polar surface area (TPSA) is 38.3 Å². The molecule has 1 N–H and O–H groups in total. The molecular formula is C18H18Br2ClNO2. The van der Waals surface area contributed by atoms with Crippen LogP contribution in [0.3, 0.4) is 0 Å². The second kappa shape index (κ2) is 8.37. The van der Waals surface area contributed by atoms with Crippen LogP contribution in [0.1, 0.15) is 30.9 Å². The molecule has 0 aliphatic rings. The number of hydrogen-bond donors (Lipinski definition) is 1. The van der Waals surface area contributed by atoms with Gasteiger partial charge in [-0.1, -0.05) is 57.3 Å². The molecule has 2 aromatic rings. The molecule has 0 aromatic heterocycles. The standard InChI is InChI=1S/C18H18Br2ClNO2/c1-10(2)13-8-14(20)11(3)6-17(13)24-9-18(23)22-16-5-4-12(19)7-15(16)21/h4-8,10H,9H2,1-3H3,(H,22,23). The van der Waals surface area contributed by atoms with Crippen molar-refractivity contribution in [1.82, 2.24) is 0 Å². The van der Waals surface area contributed by atoms with Gasteiger partial charge in [0, 0.05) is 8.95 Å². The van der Waals surface area contributed by atoms with Crippen LogP contribution in [0, 0.1) is 6.92 Å². The minimum absolute atomic E-state index is 0.0762. The van der Waals surface area contributed by atoms with E-state index in [2.05, 4.69) is 51.0 Å². The fraction of sp³-hybridized carbons (Fsp3) is 0.278. The molecule has 2 aromatic carbocycles. The van der Waals surface area contributed by atoms with Crippen LogP contribution in [0.2, 0.25) is 5.02 Å². The van der Waals surface area contributed by atoms with E-state index in [0.717, 1.165) is 25.8 Å². The number of nitrogens with one attached hydrogen (secondary N) is 1. The Morgan fingerprint density at radius 3 is 2.58 bits per heavy atom. The number of rotatable bonds is 5. The number of halogens is 3. The fourth-order valence-corrected chi connectivity index (χ4v) is 3.25. The Morgan fingerprint density at radius 1 is 1.25 bits per heavy atom. The van der Waals surface area contributed by atoms with Gasteiger partial charge < -0.3 is 10.1 Å². The van der Waals surface area contributed by atoms with Crippen molar-refractivity contribution in [2.75, 3.05) is 11.9 Å². The van der Waals surface area contributed by atoms with Gasteiger partial charge in [-0.2, -0.15) is 0 Å². The first kappa shape index (κ1) is 19.3. The lowest BCUT2D eigenvalue weighted by Crippen LogP contribution is -2.20. The Morgan fingerprint density at radius 2 is 1.96 bits per heavy atom. The van der Waals surface area contributed by atoms with E-state index in [0.29, 0.717) is 16.6 Å². The van der Waals surface area contributed by atoms with E-state index < -0.39 is 0 Å². The molecular weight excluding hydrogens is 457 g/mol. The first-order valence-electron chi connectivity index (χ1n) is 7.45. The number of anilines is 1. The summed E-state index contributed by atoms with van der Waals surface area (Å²) >= 11 is 13.0. The second-order valence-corrected chi connectivity index (χ2v) is 7.93. The van der Waals surface area contributed by atoms with Crippen molar-refractivity contribution in [2.24, 2.45) is 0 Å². The fourth-order valence-electron chi connectivity index (χ4n) is 2.17.